The maximum Gasteiger partial charge on any atom is 0.0845 e. The van der Waals surface area contributed by atoms with Gasteiger partial charge in [0.2, 0.25) is 0 Å². The molecule has 1 saturated heterocycles. The minimum absolute atomic E-state index is 0.605. The van der Waals surface area contributed by atoms with E-state index in [9.17, 15) is 0 Å². The molecule has 82 valence electrons. The van der Waals surface area contributed by atoms with Crippen molar-refractivity contribution in [3.05, 3.63) is 0 Å². The summed E-state index contributed by atoms with van der Waals surface area (Å²) in [5.74, 6) is 0.778. The van der Waals surface area contributed by atoms with Gasteiger partial charge in [-0.05, 0) is 31.6 Å². The first-order valence-electron chi connectivity index (χ1n) is 6.13. The molecule has 1 aliphatic carbocycles. The Labute approximate surface area is 87.0 Å². The van der Waals surface area contributed by atoms with Crippen molar-refractivity contribution < 1.29 is 9.47 Å². The van der Waals surface area contributed by atoms with Crippen LogP contribution in [0.25, 0.3) is 0 Å². The zero-order chi connectivity index (χ0) is 9.80. The molecule has 2 aliphatic rings. The second-order valence-electron chi connectivity index (χ2n) is 4.67. The van der Waals surface area contributed by atoms with Gasteiger partial charge >= 0.3 is 0 Å². The van der Waals surface area contributed by atoms with Crippen LogP contribution in [0.1, 0.15) is 45.4 Å². The average Bonchev–Trinajstić information content (AvgIpc) is 2.95. The molecule has 14 heavy (non-hydrogen) atoms. The molecule has 0 radical (unpaired) electrons. The quantitative estimate of drug-likeness (QED) is 0.483. The molecule has 3 atom stereocenters. The molecule has 0 aromatic heterocycles. The van der Waals surface area contributed by atoms with Gasteiger partial charge in [0.25, 0.3) is 0 Å². The van der Waals surface area contributed by atoms with Crippen LogP contribution in [0.5, 0.6) is 0 Å². The van der Waals surface area contributed by atoms with E-state index in [4.69, 9.17) is 9.47 Å². The fraction of sp³-hybridized carbons (Fsp3) is 1.00. The summed E-state index contributed by atoms with van der Waals surface area (Å²) in [5.41, 5.74) is 0. The molecule has 0 spiro atoms. The molecule has 2 nitrogen and oxygen atoms in total. The van der Waals surface area contributed by atoms with Crippen LogP contribution in [0.2, 0.25) is 0 Å². The van der Waals surface area contributed by atoms with Crippen molar-refractivity contribution in [2.24, 2.45) is 5.92 Å². The summed E-state index contributed by atoms with van der Waals surface area (Å²) in [4.78, 5) is 0. The van der Waals surface area contributed by atoms with Gasteiger partial charge in [-0.3, -0.25) is 0 Å². The lowest BCUT2D eigenvalue weighted by molar-refractivity contribution is 0.0854. The third kappa shape index (κ3) is 2.96. The summed E-state index contributed by atoms with van der Waals surface area (Å²) in [7, 11) is 0. The Balaban J connectivity index is 1.48. The lowest BCUT2D eigenvalue weighted by Crippen LogP contribution is -2.18. The Hall–Kier alpha value is -0.0800. The van der Waals surface area contributed by atoms with E-state index >= 15 is 0 Å². The number of unbranched alkanes of at least 4 members (excludes halogenated alkanes) is 2. The minimum Gasteiger partial charge on any atom is -0.381 e. The maximum absolute atomic E-state index is 5.69. The molecule has 2 rings (SSSR count). The smallest absolute Gasteiger partial charge is 0.0845 e. The molecule has 0 aromatic rings. The van der Waals surface area contributed by atoms with Crippen molar-refractivity contribution in [3.63, 3.8) is 0 Å². The lowest BCUT2D eigenvalue weighted by Gasteiger charge is -2.18. The van der Waals surface area contributed by atoms with Crippen molar-refractivity contribution in [1.82, 2.24) is 0 Å². The van der Waals surface area contributed by atoms with Gasteiger partial charge in [-0.2, -0.15) is 0 Å². The van der Waals surface area contributed by atoms with Crippen molar-refractivity contribution in [3.8, 4) is 0 Å². The number of hydrogen-bond donors (Lipinski definition) is 0. The molecular weight excluding hydrogens is 176 g/mol. The van der Waals surface area contributed by atoms with Crippen LogP contribution in [-0.4, -0.2) is 25.4 Å². The van der Waals surface area contributed by atoms with Gasteiger partial charge in [0, 0.05) is 13.2 Å². The zero-order valence-corrected chi connectivity index (χ0v) is 9.21. The van der Waals surface area contributed by atoms with Gasteiger partial charge in [-0.1, -0.05) is 19.8 Å². The van der Waals surface area contributed by atoms with Crippen molar-refractivity contribution in [1.29, 1.82) is 0 Å². The molecule has 3 unspecified atom stereocenters. The highest BCUT2D eigenvalue weighted by atomic mass is 16.6. The van der Waals surface area contributed by atoms with E-state index in [2.05, 4.69) is 6.92 Å². The van der Waals surface area contributed by atoms with Crippen LogP contribution < -0.4 is 0 Å². The molecule has 0 amide bonds. The molecule has 2 fully saturated rings. The number of ether oxygens (including phenoxy) is 2. The Morgan fingerprint density at radius 3 is 2.93 bits per heavy atom. The van der Waals surface area contributed by atoms with E-state index in [0.717, 1.165) is 19.1 Å². The first kappa shape index (κ1) is 10.4. The van der Waals surface area contributed by atoms with Crippen molar-refractivity contribution in [2.45, 2.75) is 57.7 Å². The summed E-state index contributed by atoms with van der Waals surface area (Å²) < 4.78 is 11.2. The fourth-order valence-electron chi connectivity index (χ4n) is 2.34. The molecule has 1 heterocycles. The Morgan fingerprint density at radius 1 is 1.21 bits per heavy atom. The number of epoxide rings is 1. The summed E-state index contributed by atoms with van der Waals surface area (Å²) in [6.45, 7) is 4.15. The third-order valence-corrected chi connectivity index (χ3v) is 3.36. The normalized spacial score (nSPS) is 35.4. The lowest BCUT2D eigenvalue weighted by atomic mass is 9.90. The highest BCUT2D eigenvalue weighted by Crippen LogP contribution is 2.39. The second kappa shape index (κ2) is 5.13. The van der Waals surface area contributed by atoms with Gasteiger partial charge < -0.3 is 9.47 Å². The predicted molar refractivity (Wildman–Crippen MR) is 56.3 cm³/mol. The van der Waals surface area contributed by atoms with Gasteiger partial charge in [0.15, 0.2) is 0 Å². The molecule has 1 saturated carbocycles. The summed E-state index contributed by atoms with van der Waals surface area (Å²) >= 11 is 0. The van der Waals surface area contributed by atoms with Gasteiger partial charge in [-0.25, -0.2) is 0 Å². The number of hydrogen-bond acceptors (Lipinski definition) is 2. The van der Waals surface area contributed by atoms with E-state index in [0.29, 0.717) is 12.2 Å². The average molecular weight is 198 g/mol. The second-order valence-corrected chi connectivity index (χ2v) is 4.67. The molecule has 0 aromatic carbocycles. The minimum atomic E-state index is 0.605. The monoisotopic (exact) mass is 198 g/mol. The fourth-order valence-corrected chi connectivity index (χ4v) is 2.34. The molecular formula is C12H22O2. The zero-order valence-electron chi connectivity index (χ0n) is 9.21. The summed E-state index contributed by atoms with van der Waals surface area (Å²) in [6, 6.07) is 0. The summed E-state index contributed by atoms with van der Waals surface area (Å²) in [6.07, 6.45) is 8.88. The van der Waals surface area contributed by atoms with E-state index in [1.165, 1.54) is 38.5 Å². The van der Waals surface area contributed by atoms with E-state index in [-0.39, 0.29) is 0 Å². The Bertz CT molecular complexity index is 170. The van der Waals surface area contributed by atoms with Gasteiger partial charge in [0.05, 0.1) is 12.2 Å². The van der Waals surface area contributed by atoms with Crippen molar-refractivity contribution >= 4 is 0 Å². The molecule has 0 bridgehead atoms. The summed E-state index contributed by atoms with van der Waals surface area (Å²) in [5, 5.41) is 0. The highest BCUT2D eigenvalue weighted by Gasteiger charge is 2.43. The van der Waals surface area contributed by atoms with Crippen molar-refractivity contribution in [2.75, 3.05) is 13.2 Å². The van der Waals surface area contributed by atoms with Gasteiger partial charge in [-0.15, -0.1) is 0 Å². The Kier molecular flexibility index (Phi) is 3.82. The predicted octanol–water partition coefficient (Wildman–Crippen LogP) is 2.76. The highest BCUT2D eigenvalue weighted by molar-refractivity contribution is 4.91. The standard InChI is InChI=1S/C12H22O2/c1-2-3-4-7-13-9-10-5-6-11-12(8-10)14-11/h10-12H,2-9H2,1H3. The van der Waals surface area contributed by atoms with Crippen LogP contribution in [0.4, 0.5) is 0 Å². The first-order chi connectivity index (χ1) is 6.90. The maximum atomic E-state index is 5.69. The van der Waals surface area contributed by atoms with E-state index in [1.54, 1.807) is 0 Å². The molecule has 0 N–H and O–H groups in total. The molecule has 1 aliphatic heterocycles. The van der Waals surface area contributed by atoms with E-state index in [1.807, 2.05) is 0 Å². The largest absolute Gasteiger partial charge is 0.381 e. The SMILES string of the molecule is CCCCCOCC1CCC2OC2C1. The number of rotatable bonds is 6. The third-order valence-electron chi connectivity index (χ3n) is 3.36. The topological polar surface area (TPSA) is 21.8 Å². The van der Waals surface area contributed by atoms with Gasteiger partial charge in [0.1, 0.15) is 0 Å². The van der Waals surface area contributed by atoms with Crippen LogP contribution >= 0.6 is 0 Å². The van der Waals surface area contributed by atoms with Crippen LogP contribution in [0, 0.1) is 5.92 Å². The van der Waals surface area contributed by atoms with Crippen LogP contribution in [-0.2, 0) is 9.47 Å². The number of fused-ring (bicyclic) bond motifs is 1. The molecule has 2 heteroatoms. The van der Waals surface area contributed by atoms with Crippen LogP contribution in [0.15, 0.2) is 0 Å². The Morgan fingerprint density at radius 2 is 2.14 bits per heavy atom. The van der Waals surface area contributed by atoms with E-state index < -0.39 is 0 Å². The van der Waals surface area contributed by atoms with Crippen LogP contribution in [0.3, 0.4) is 0 Å². The first-order valence-corrected chi connectivity index (χ1v) is 6.13.